The van der Waals surface area contributed by atoms with E-state index in [2.05, 4.69) is 14.7 Å². The van der Waals surface area contributed by atoms with Crippen molar-refractivity contribution in [2.45, 2.75) is 6.54 Å². The molecule has 1 aromatic heterocycles. The maximum absolute atomic E-state index is 11.4. The standard InChI is InChI=1S/C12H10N2O2/c15-12(11-6-7-16-14-11)9-13-8-10-4-2-1-3-5-10/h1-7,9H,8H2. The first-order chi connectivity index (χ1) is 7.86. The number of nitrogens with zero attached hydrogens (tertiary/aromatic N) is 2. The van der Waals surface area contributed by atoms with Crippen LogP contribution in [0, 0.1) is 0 Å². The minimum absolute atomic E-state index is 0.246. The molecular formula is C12H10N2O2. The fourth-order valence-electron chi connectivity index (χ4n) is 1.22. The highest BCUT2D eigenvalue weighted by molar-refractivity contribution is 6.34. The quantitative estimate of drug-likeness (QED) is 0.578. The smallest absolute Gasteiger partial charge is 0.225 e. The van der Waals surface area contributed by atoms with E-state index in [4.69, 9.17) is 0 Å². The van der Waals surface area contributed by atoms with E-state index in [-0.39, 0.29) is 11.5 Å². The Morgan fingerprint density at radius 3 is 2.81 bits per heavy atom. The molecule has 0 bridgehead atoms. The first kappa shape index (κ1) is 10.3. The molecule has 0 amide bonds. The highest BCUT2D eigenvalue weighted by Gasteiger charge is 2.04. The zero-order valence-corrected chi connectivity index (χ0v) is 8.54. The monoisotopic (exact) mass is 214 g/mol. The van der Waals surface area contributed by atoms with Gasteiger partial charge in [0.05, 0.1) is 12.8 Å². The van der Waals surface area contributed by atoms with Crippen molar-refractivity contribution < 1.29 is 9.32 Å². The Hall–Kier alpha value is -2.23. The van der Waals surface area contributed by atoms with Gasteiger partial charge in [-0.15, -0.1) is 0 Å². The summed E-state index contributed by atoms with van der Waals surface area (Å²) < 4.78 is 4.57. The van der Waals surface area contributed by atoms with Crippen LogP contribution in [0.15, 0.2) is 52.2 Å². The molecule has 80 valence electrons. The zero-order valence-electron chi connectivity index (χ0n) is 8.54. The Kier molecular flexibility index (Phi) is 3.23. The van der Waals surface area contributed by atoms with Crippen LogP contribution in [0.5, 0.6) is 0 Å². The molecule has 4 heteroatoms. The van der Waals surface area contributed by atoms with Gasteiger partial charge in [0.25, 0.3) is 0 Å². The summed E-state index contributed by atoms with van der Waals surface area (Å²) in [6.07, 6.45) is 2.63. The maximum atomic E-state index is 11.4. The number of hydrogen-bond donors (Lipinski definition) is 0. The van der Waals surface area contributed by atoms with Gasteiger partial charge in [-0.1, -0.05) is 35.5 Å². The third kappa shape index (κ3) is 2.63. The van der Waals surface area contributed by atoms with E-state index >= 15 is 0 Å². The number of carbonyl (C=O) groups is 1. The van der Waals surface area contributed by atoms with Crippen LogP contribution in [0.3, 0.4) is 0 Å². The van der Waals surface area contributed by atoms with Crippen LogP contribution in [0.1, 0.15) is 16.1 Å². The van der Waals surface area contributed by atoms with Gasteiger partial charge in [0, 0.05) is 6.07 Å². The second kappa shape index (κ2) is 5.02. The second-order valence-corrected chi connectivity index (χ2v) is 3.20. The van der Waals surface area contributed by atoms with E-state index in [0.717, 1.165) is 5.56 Å². The topological polar surface area (TPSA) is 55.5 Å². The highest BCUT2D eigenvalue weighted by atomic mass is 16.5. The molecule has 0 saturated carbocycles. The van der Waals surface area contributed by atoms with Crippen molar-refractivity contribution in [1.29, 1.82) is 0 Å². The molecule has 0 atom stereocenters. The fraction of sp³-hybridized carbons (Fsp3) is 0.0833. The average molecular weight is 214 g/mol. The molecule has 2 rings (SSSR count). The lowest BCUT2D eigenvalue weighted by Crippen LogP contribution is -2.00. The molecule has 4 nitrogen and oxygen atoms in total. The number of hydrogen-bond acceptors (Lipinski definition) is 4. The second-order valence-electron chi connectivity index (χ2n) is 3.20. The molecule has 1 aromatic carbocycles. The van der Waals surface area contributed by atoms with Crippen LogP contribution in [-0.4, -0.2) is 17.2 Å². The van der Waals surface area contributed by atoms with Crippen LogP contribution in [0.2, 0.25) is 0 Å². The van der Waals surface area contributed by atoms with Crippen LogP contribution < -0.4 is 0 Å². The fourth-order valence-corrected chi connectivity index (χ4v) is 1.22. The van der Waals surface area contributed by atoms with Crippen LogP contribution in [0.25, 0.3) is 0 Å². The van der Waals surface area contributed by atoms with Crippen molar-refractivity contribution in [3.05, 3.63) is 53.9 Å². The van der Waals surface area contributed by atoms with Crippen molar-refractivity contribution >= 4 is 12.0 Å². The zero-order chi connectivity index (χ0) is 11.2. The van der Waals surface area contributed by atoms with Gasteiger partial charge in [-0.2, -0.15) is 0 Å². The molecule has 0 saturated heterocycles. The lowest BCUT2D eigenvalue weighted by Gasteiger charge is -1.93. The Morgan fingerprint density at radius 2 is 2.12 bits per heavy atom. The Morgan fingerprint density at radius 1 is 1.31 bits per heavy atom. The summed E-state index contributed by atoms with van der Waals surface area (Å²) in [7, 11) is 0. The van der Waals surface area contributed by atoms with Crippen molar-refractivity contribution in [3.63, 3.8) is 0 Å². The summed E-state index contributed by atoms with van der Waals surface area (Å²) in [6.45, 7) is 0.491. The lowest BCUT2D eigenvalue weighted by atomic mass is 10.2. The first-order valence-electron chi connectivity index (χ1n) is 4.85. The van der Waals surface area contributed by atoms with Gasteiger partial charge in [-0.25, -0.2) is 0 Å². The number of carbonyl (C=O) groups excluding carboxylic acids is 1. The number of Topliss-reactive ketones (excluding diaryl/α,β-unsaturated/α-hetero) is 1. The summed E-state index contributed by atoms with van der Waals surface area (Å²) in [5, 5.41) is 3.53. The summed E-state index contributed by atoms with van der Waals surface area (Å²) >= 11 is 0. The Balaban J connectivity index is 1.93. The van der Waals surface area contributed by atoms with Crippen LogP contribution in [-0.2, 0) is 6.54 Å². The summed E-state index contributed by atoms with van der Waals surface area (Å²) in [6, 6.07) is 11.2. The minimum Gasteiger partial charge on any atom is -0.364 e. The number of rotatable bonds is 4. The predicted molar refractivity (Wildman–Crippen MR) is 59.5 cm³/mol. The molecule has 0 N–H and O–H groups in total. The largest absolute Gasteiger partial charge is 0.364 e. The van der Waals surface area contributed by atoms with Gasteiger partial charge in [-0.05, 0) is 5.56 Å². The molecule has 2 aromatic rings. The first-order valence-corrected chi connectivity index (χ1v) is 4.85. The van der Waals surface area contributed by atoms with Crippen molar-refractivity contribution in [2.24, 2.45) is 4.99 Å². The SMILES string of the molecule is O=C(C=NCc1ccccc1)c1ccon1. The molecule has 0 aliphatic rings. The van der Waals surface area contributed by atoms with E-state index in [1.54, 1.807) is 0 Å². The summed E-state index contributed by atoms with van der Waals surface area (Å²) in [5.41, 5.74) is 1.34. The van der Waals surface area contributed by atoms with Gasteiger partial charge >= 0.3 is 0 Å². The lowest BCUT2D eigenvalue weighted by molar-refractivity contribution is 0.106. The third-order valence-corrected chi connectivity index (χ3v) is 2.02. The van der Waals surface area contributed by atoms with Crippen molar-refractivity contribution in [2.75, 3.05) is 0 Å². The number of ketones is 1. The number of benzene rings is 1. The summed E-state index contributed by atoms with van der Waals surface area (Å²) in [4.78, 5) is 15.5. The molecule has 1 heterocycles. The molecule has 0 fully saturated rings. The minimum atomic E-state index is -0.246. The van der Waals surface area contributed by atoms with Gasteiger partial charge in [0.1, 0.15) is 6.26 Å². The van der Waals surface area contributed by atoms with Crippen molar-refractivity contribution in [3.8, 4) is 0 Å². The van der Waals surface area contributed by atoms with E-state index < -0.39 is 0 Å². The molecule has 16 heavy (non-hydrogen) atoms. The van der Waals surface area contributed by atoms with E-state index in [9.17, 15) is 4.79 Å². The van der Waals surface area contributed by atoms with Crippen LogP contribution in [0.4, 0.5) is 0 Å². The highest BCUT2D eigenvalue weighted by Crippen LogP contribution is 2.00. The van der Waals surface area contributed by atoms with E-state index in [1.807, 2.05) is 30.3 Å². The molecule has 0 spiro atoms. The van der Waals surface area contributed by atoms with E-state index in [0.29, 0.717) is 6.54 Å². The third-order valence-electron chi connectivity index (χ3n) is 2.02. The molecular weight excluding hydrogens is 204 g/mol. The molecule has 0 aliphatic carbocycles. The van der Waals surface area contributed by atoms with Gasteiger partial charge in [0.15, 0.2) is 5.69 Å². The Labute approximate surface area is 92.6 Å². The van der Waals surface area contributed by atoms with Gasteiger partial charge in [0.2, 0.25) is 5.78 Å². The Bertz CT molecular complexity index is 475. The normalized spacial score (nSPS) is 10.8. The maximum Gasteiger partial charge on any atom is 0.225 e. The predicted octanol–water partition coefficient (Wildman–Crippen LogP) is 2.13. The van der Waals surface area contributed by atoms with Gasteiger partial charge < -0.3 is 4.52 Å². The molecule has 0 radical (unpaired) electrons. The van der Waals surface area contributed by atoms with Crippen LogP contribution >= 0.6 is 0 Å². The molecule has 0 unspecified atom stereocenters. The average Bonchev–Trinajstić information content (AvgIpc) is 2.84. The number of aromatic nitrogens is 1. The summed E-state index contributed by atoms with van der Waals surface area (Å²) in [5.74, 6) is -0.246. The van der Waals surface area contributed by atoms with E-state index in [1.165, 1.54) is 18.5 Å². The van der Waals surface area contributed by atoms with Gasteiger partial charge in [-0.3, -0.25) is 9.79 Å². The number of aliphatic imine (C=N–C) groups is 1. The molecule has 0 aliphatic heterocycles. The van der Waals surface area contributed by atoms with Crippen molar-refractivity contribution in [1.82, 2.24) is 5.16 Å².